The van der Waals surface area contributed by atoms with Gasteiger partial charge in [-0.3, -0.25) is 19.7 Å². The molecule has 0 aliphatic carbocycles. The molecule has 1 N–H and O–H groups in total. The molecule has 0 spiro atoms. The molecule has 2 amide bonds. The number of benzene rings is 2. The number of aromatic nitrogens is 2. The van der Waals surface area contributed by atoms with Gasteiger partial charge in [0, 0.05) is 50.8 Å². The molecule has 0 unspecified atom stereocenters. The third-order valence-electron chi connectivity index (χ3n) is 6.02. The highest BCUT2D eigenvalue weighted by Gasteiger charge is 2.26. The van der Waals surface area contributed by atoms with Crippen LogP contribution in [0, 0.1) is 30.9 Å². The van der Waals surface area contributed by atoms with E-state index in [-0.39, 0.29) is 17.2 Å². The average molecular weight is 477 g/mol. The Morgan fingerprint density at radius 2 is 1.63 bits per heavy atom. The quantitative estimate of drug-likeness (QED) is 0.444. The number of carbonyl (C=O) groups excluding carboxylic acids is 2. The van der Waals surface area contributed by atoms with Crippen molar-refractivity contribution in [2.24, 2.45) is 0 Å². The van der Waals surface area contributed by atoms with Crippen LogP contribution in [0.15, 0.2) is 42.5 Å². The minimum absolute atomic E-state index is 0.0125. The van der Waals surface area contributed by atoms with Crippen LogP contribution >= 0.6 is 0 Å². The zero-order chi connectivity index (χ0) is 25.3. The van der Waals surface area contributed by atoms with E-state index in [0.29, 0.717) is 37.7 Å². The molecule has 2 heterocycles. The summed E-state index contributed by atoms with van der Waals surface area (Å²) in [6.07, 6.45) is 0. The zero-order valence-electron chi connectivity index (χ0n) is 20.2. The van der Waals surface area contributed by atoms with Crippen molar-refractivity contribution in [2.45, 2.75) is 27.7 Å². The minimum atomic E-state index is -0.479. The molecule has 0 radical (unpaired) electrons. The van der Waals surface area contributed by atoms with Crippen LogP contribution in [0.3, 0.4) is 0 Å². The average Bonchev–Trinajstić information content (AvgIpc) is 3.18. The summed E-state index contributed by atoms with van der Waals surface area (Å²) in [5, 5.41) is 19.2. The van der Waals surface area contributed by atoms with Gasteiger partial charge in [0.25, 0.3) is 11.6 Å². The molecule has 10 nitrogen and oxygen atoms in total. The molecule has 182 valence electrons. The van der Waals surface area contributed by atoms with Crippen LogP contribution in [0.4, 0.5) is 17.2 Å². The van der Waals surface area contributed by atoms with E-state index >= 15 is 0 Å². The number of nitro benzene ring substituents is 1. The first-order valence-corrected chi connectivity index (χ1v) is 11.4. The summed E-state index contributed by atoms with van der Waals surface area (Å²) in [4.78, 5) is 39.6. The summed E-state index contributed by atoms with van der Waals surface area (Å²) in [6.45, 7) is 9.30. The first-order chi connectivity index (χ1) is 16.6. The number of nitrogens with one attached hydrogen (secondary N) is 1. The molecule has 0 bridgehead atoms. The lowest BCUT2D eigenvalue weighted by Gasteiger charge is -2.35. The van der Waals surface area contributed by atoms with Crippen molar-refractivity contribution >= 4 is 29.0 Å². The van der Waals surface area contributed by atoms with Crippen LogP contribution in [-0.2, 0) is 4.79 Å². The van der Waals surface area contributed by atoms with Gasteiger partial charge in [-0.1, -0.05) is 6.07 Å². The van der Waals surface area contributed by atoms with E-state index in [1.54, 1.807) is 27.8 Å². The molecular weight excluding hydrogens is 448 g/mol. The van der Waals surface area contributed by atoms with Gasteiger partial charge in [0.1, 0.15) is 11.5 Å². The first-order valence-electron chi connectivity index (χ1n) is 11.4. The number of anilines is 2. The molecule has 35 heavy (non-hydrogen) atoms. The number of rotatable bonds is 5. The van der Waals surface area contributed by atoms with Crippen molar-refractivity contribution in [1.82, 2.24) is 14.7 Å². The predicted molar refractivity (Wildman–Crippen MR) is 133 cm³/mol. The van der Waals surface area contributed by atoms with Gasteiger partial charge in [-0.05, 0) is 56.2 Å². The Morgan fingerprint density at radius 3 is 2.23 bits per heavy atom. The maximum atomic E-state index is 13.1. The molecule has 1 aliphatic heterocycles. The molecule has 0 saturated carbocycles. The Morgan fingerprint density at radius 1 is 0.971 bits per heavy atom. The standard InChI is InChI=1S/C25H28N6O4/c1-16-11-17(2)13-21(12-16)30-24(14-18(3)27-30)26-25(33)20-5-6-22(23(15-20)31(34)35)29-9-7-28(8-10-29)19(4)32/h5-6,11-15H,7-10H2,1-4H3,(H,26,33). The van der Waals surface area contributed by atoms with Crippen molar-refractivity contribution in [1.29, 1.82) is 0 Å². The van der Waals surface area contributed by atoms with Crippen molar-refractivity contribution in [3.63, 3.8) is 0 Å². The van der Waals surface area contributed by atoms with E-state index in [2.05, 4.69) is 16.5 Å². The molecule has 3 aromatic rings. The van der Waals surface area contributed by atoms with E-state index in [9.17, 15) is 19.7 Å². The van der Waals surface area contributed by atoms with Crippen LogP contribution in [0.2, 0.25) is 0 Å². The fourth-order valence-corrected chi connectivity index (χ4v) is 4.39. The van der Waals surface area contributed by atoms with Crippen LogP contribution in [0.1, 0.15) is 34.1 Å². The third kappa shape index (κ3) is 5.16. The highest BCUT2D eigenvalue weighted by Crippen LogP contribution is 2.31. The highest BCUT2D eigenvalue weighted by atomic mass is 16.6. The van der Waals surface area contributed by atoms with Gasteiger partial charge in [0.15, 0.2) is 0 Å². The minimum Gasteiger partial charge on any atom is -0.362 e. The van der Waals surface area contributed by atoms with Gasteiger partial charge >= 0.3 is 0 Å². The van der Waals surface area contributed by atoms with Crippen LogP contribution < -0.4 is 10.2 Å². The Hall–Kier alpha value is -4.21. The molecule has 0 atom stereocenters. The van der Waals surface area contributed by atoms with Crippen molar-refractivity contribution in [3.8, 4) is 5.69 Å². The normalized spacial score (nSPS) is 13.6. The Labute approximate surface area is 203 Å². The van der Waals surface area contributed by atoms with E-state index < -0.39 is 10.8 Å². The molecule has 2 aromatic carbocycles. The van der Waals surface area contributed by atoms with Gasteiger partial charge in [0.05, 0.1) is 16.3 Å². The Bertz CT molecular complexity index is 1290. The van der Waals surface area contributed by atoms with E-state index in [4.69, 9.17) is 0 Å². The fourth-order valence-electron chi connectivity index (χ4n) is 4.39. The molecule has 1 aromatic heterocycles. The summed E-state index contributed by atoms with van der Waals surface area (Å²) in [7, 11) is 0. The van der Waals surface area contributed by atoms with Crippen molar-refractivity contribution < 1.29 is 14.5 Å². The van der Waals surface area contributed by atoms with Gasteiger partial charge in [-0.25, -0.2) is 4.68 Å². The lowest BCUT2D eigenvalue weighted by molar-refractivity contribution is -0.384. The Balaban J connectivity index is 1.59. The second-order valence-corrected chi connectivity index (χ2v) is 8.84. The number of piperazine rings is 1. The second kappa shape index (κ2) is 9.57. The van der Waals surface area contributed by atoms with Crippen LogP contribution in [0.25, 0.3) is 5.69 Å². The summed E-state index contributed by atoms with van der Waals surface area (Å²) in [6, 6.07) is 12.2. The van der Waals surface area contributed by atoms with Gasteiger partial charge in [-0.15, -0.1) is 0 Å². The largest absolute Gasteiger partial charge is 0.362 e. The number of aryl methyl sites for hydroxylation is 3. The van der Waals surface area contributed by atoms with E-state index in [1.165, 1.54) is 13.0 Å². The number of hydrogen-bond acceptors (Lipinski definition) is 6. The molecule has 10 heteroatoms. The fraction of sp³-hybridized carbons (Fsp3) is 0.320. The number of amides is 2. The smallest absolute Gasteiger partial charge is 0.293 e. The summed E-state index contributed by atoms with van der Waals surface area (Å²) in [5.74, 6) is -0.00220. The monoisotopic (exact) mass is 476 g/mol. The Kier molecular flexibility index (Phi) is 6.54. The predicted octanol–water partition coefficient (Wildman–Crippen LogP) is 3.63. The summed E-state index contributed by atoms with van der Waals surface area (Å²) in [5.41, 5.74) is 4.15. The number of carbonyl (C=O) groups is 2. The summed E-state index contributed by atoms with van der Waals surface area (Å²) < 4.78 is 1.66. The number of nitrogens with zero attached hydrogens (tertiary/aromatic N) is 5. The second-order valence-electron chi connectivity index (χ2n) is 8.84. The topological polar surface area (TPSA) is 114 Å². The number of nitro groups is 1. The van der Waals surface area contributed by atoms with Crippen molar-refractivity contribution in [2.75, 3.05) is 36.4 Å². The van der Waals surface area contributed by atoms with Gasteiger partial charge in [-0.2, -0.15) is 5.10 Å². The van der Waals surface area contributed by atoms with E-state index in [1.807, 2.05) is 37.8 Å². The molecule has 1 fully saturated rings. The maximum absolute atomic E-state index is 13.1. The van der Waals surface area contributed by atoms with Gasteiger partial charge in [0.2, 0.25) is 5.91 Å². The molecular formula is C25H28N6O4. The molecule has 1 saturated heterocycles. The lowest BCUT2D eigenvalue weighted by atomic mass is 10.1. The van der Waals surface area contributed by atoms with Crippen molar-refractivity contribution in [3.05, 3.63) is 75.0 Å². The first kappa shape index (κ1) is 23.9. The highest BCUT2D eigenvalue weighted by molar-refractivity contribution is 6.05. The third-order valence-corrected chi connectivity index (χ3v) is 6.02. The van der Waals surface area contributed by atoms with Crippen LogP contribution in [-0.4, -0.2) is 57.6 Å². The molecule has 1 aliphatic rings. The maximum Gasteiger partial charge on any atom is 0.293 e. The van der Waals surface area contributed by atoms with Crippen LogP contribution in [0.5, 0.6) is 0 Å². The lowest BCUT2D eigenvalue weighted by Crippen LogP contribution is -2.48. The summed E-state index contributed by atoms with van der Waals surface area (Å²) >= 11 is 0. The number of hydrogen-bond donors (Lipinski definition) is 1. The SMILES string of the molecule is CC(=O)N1CCN(c2ccc(C(=O)Nc3cc(C)nn3-c3cc(C)cc(C)c3)cc2[N+](=O)[O-])CC1. The van der Waals surface area contributed by atoms with E-state index in [0.717, 1.165) is 22.5 Å². The zero-order valence-corrected chi connectivity index (χ0v) is 20.2. The van der Waals surface area contributed by atoms with Gasteiger partial charge < -0.3 is 15.1 Å². The molecule has 4 rings (SSSR count).